The third kappa shape index (κ3) is 3.17. The molecule has 0 spiro atoms. The van der Waals surface area contributed by atoms with Crippen molar-refractivity contribution >= 4 is 54.1 Å². The zero-order valence-electron chi connectivity index (χ0n) is 20.3. The first-order chi connectivity index (χ1) is 18.8. The van der Waals surface area contributed by atoms with Gasteiger partial charge in [0.1, 0.15) is 5.69 Å². The Labute approximate surface area is 218 Å². The second-order valence-electron chi connectivity index (χ2n) is 9.54. The Bertz CT molecular complexity index is 2150. The first kappa shape index (κ1) is 20.9. The summed E-state index contributed by atoms with van der Waals surface area (Å²) in [6, 6.07) is 36.5. The highest BCUT2D eigenvalue weighted by Crippen LogP contribution is 2.37. The first-order valence-corrected chi connectivity index (χ1v) is 12.6. The van der Waals surface area contributed by atoms with E-state index in [1.165, 1.54) is 32.3 Å². The highest BCUT2D eigenvalue weighted by molar-refractivity contribution is 6.25. The molecule has 176 valence electrons. The lowest BCUT2D eigenvalue weighted by Gasteiger charge is -2.12. The molecule has 0 amide bonds. The Kier molecular flexibility index (Phi) is 4.49. The van der Waals surface area contributed by atoms with E-state index in [0.717, 1.165) is 44.5 Å². The molecule has 0 saturated heterocycles. The van der Waals surface area contributed by atoms with Gasteiger partial charge in [-0.2, -0.15) is 0 Å². The van der Waals surface area contributed by atoms with E-state index in [-0.39, 0.29) is 0 Å². The quantitative estimate of drug-likeness (QED) is 0.231. The van der Waals surface area contributed by atoms with E-state index in [4.69, 9.17) is 9.97 Å². The molecule has 0 saturated carbocycles. The minimum Gasteiger partial charge on any atom is -0.261 e. The number of pyridine rings is 2. The van der Waals surface area contributed by atoms with Crippen LogP contribution in [0.4, 0.5) is 0 Å². The minimum absolute atomic E-state index is 0.746. The van der Waals surface area contributed by atoms with E-state index < -0.39 is 0 Å². The number of hydrogen-bond acceptors (Lipinski definition) is 4. The van der Waals surface area contributed by atoms with Gasteiger partial charge in [-0.15, -0.1) is 0 Å². The van der Waals surface area contributed by atoms with Crippen LogP contribution in [-0.2, 0) is 0 Å². The van der Waals surface area contributed by atoms with E-state index in [1.807, 2.05) is 6.07 Å². The standard InChI is InChI=1S/C34H20N4/c1-2-7-26-24(5-1)25-6-3-4-8-27(25)29-19-23(11-14-28(26)29)30-15-12-21-9-10-22-13-16-31(32-20-35-17-18-36-32)38-34(22)33(21)37-30/h1-20H. The number of fused-ring (bicyclic) bond motifs is 9. The summed E-state index contributed by atoms with van der Waals surface area (Å²) in [6.45, 7) is 0. The van der Waals surface area contributed by atoms with Crippen molar-refractivity contribution in [1.29, 1.82) is 0 Å². The van der Waals surface area contributed by atoms with E-state index >= 15 is 0 Å². The largest absolute Gasteiger partial charge is 0.261 e. The maximum absolute atomic E-state index is 5.16. The molecule has 0 aliphatic rings. The van der Waals surface area contributed by atoms with Gasteiger partial charge in [-0.3, -0.25) is 9.97 Å². The monoisotopic (exact) mass is 484 g/mol. The van der Waals surface area contributed by atoms with Gasteiger partial charge in [-0.1, -0.05) is 84.9 Å². The second kappa shape index (κ2) is 8.15. The van der Waals surface area contributed by atoms with Gasteiger partial charge in [-0.25, -0.2) is 9.97 Å². The van der Waals surface area contributed by atoms with Gasteiger partial charge in [-0.05, 0) is 50.5 Å². The van der Waals surface area contributed by atoms with Crippen molar-refractivity contribution in [1.82, 2.24) is 19.9 Å². The maximum atomic E-state index is 5.16. The van der Waals surface area contributed by atoms with Crippen molar-refractivity contribution in [2.24, 2.45) is 0 Å². The topological polar surface area (TPSA) is 51.6 Å². The van der Waals surface area contributed by atoms with Crippen LogP contribution < -0.4 is 0 Å². The van der Waals surface area contributed by atoms with Gasteiger partial charge in [0.2, 0.25) is 0 Å². The van der Waals surface area contributed by atoms with E-state index in [1.54, 1.807) is 18.6 Å². The third-order valence-corrected chi connectivity index (χ3v) is 7.39. The van der Waals surface area contributed by atoms with Gasteiger partial charge in [0.15, 0.2) is 0 Å². The number of benzene rings is 5. The molecule has 0 fully saturated rings. The van der Waals surface area contributed by atoms with Crippen molar-refractivity contribution in [3.8, 4) is 22.6 Å². The molecule has 8 aromatic rings. The van der Waals surface area contributed by atoms with Gasteiger partial charge < -0.3 is 0 Å². The van der Waals surface area contributed by atoms with Crippen LogP contribution in [0.3, 0.4) is 0 Å². The molecule has 38 heavy (non-hydrogen) atoms. The lowest BCUT2D eigenvalue weighted by Crippen LogP contribution is -1.92. The van der Waals surface area contributed by atoms with Crippen LogP contribution in [0.5, 0.6) is 0 Å². The molecule has 0 bridgehead atoms. The van der Waals surface area contributed by atoms with Crippen molar-refractivity contribution in [3.05, 3.63) is 122 Å². The number of hydrogen-bond donors (Lipinski definition) is 0. The molecule has 4 nitrogen and oxygen atoms in total. The molecule has 0 N–H and O–H groups in total. The molecule has 0 unspecified atom stereocenters. The number of rotatable bonds is 2. The summed E-state index contributed by atoms with van der Waals surface area (Å²) < 4.78 is 0. The Morgan fingerprint density at radius 1 is 0.421 bits per heavy atom. The zero-order chi connectivity index (χ0) is 25.1. The van der Waals surface area contributed by atoms with Crippen molar-refractivity contribution in [3.63, 3.8) is 0 Å². The summed E-state index contributed by atoms with van der Waals surface area (Å²) in [6.07, 6.45) is 5.10. The summed E-state index contributed by atoms with van der Waals surface area (Å²) in [4.78, 5) is 18.8. The van der Waals surface area contributed by atoms with Crippen LogP contribution in [0.2, 0.25) is 0 Å². The molecule has 3 heterocycles. The lowest BCUT2D eigenvalue weighted by molar-refractivity contribution is 1.19. The smallest absolute Gasteiger partial charge is 0.107 e. The Morgan fingerprint density at radius 3 is 1.61 bits per heavy atom. The average Bonchev–Trinajstić information content (AvgIpc) is 3.01. The summed E-state index contributed by atoms with van der Waals surface area (Å²) in [5.74, 6) is 0. The molecule has 5 aromatic carbocycles. The fourth-order valence-corrected chi connectivity index (χ4v) is 5.57. The van der Waals surface area contributed by atoms with Gasteiger partial charge in [0.05, 0.1) is 28.6 Å². The highest BCUT2D eigenvalue weighted by Gasteiger charge is 2.12. The van der Waals surface area contributed by atoms with Crippen LogP contribution in [0, 0.1) is 0 Å². The van der Waals surface area contributed by atoms with Crippen molar-refractivity contribution in [2.75, 3.05) is 0 Å². The van der Waals surface area contributed by atoms with Gasteiger partial charge in [0, 0.05) is 28.7 Å². The molecule has 0 aliphatic carbocycles. The lowest BCUT2D eigenvalue weighted by atomic mass is 9.93. The van der Waals surface area contributed by atoms with Crippen LogP contribution >= 0.6 is 0 Å². The molecule has 8 rings (SSSR count). The van der Waals surface area contributed by atoms with Gasteiger partial charge >= 0.3 is 0 Å². The molecule has 3 aromatic heterocycles. The fourth-order valence-electron chi connectivity index (χ4n) is 5.57. The van der Waals surface area contributed by atoms with Crippen LogP contribution in [-0.4, -0.2) is 19.9 Å². The Balaban J connectivity index is 1.37. The fraction of sp³-hybridized carbons (Fsp3) is 0. The number of aromatic nitrogens is 4. The van der Waals surface area contributed by atoms with Crippen molar-refractivity contribution in [2.45, 2.75) is 0 Å². The SMILES string of the molecule is c1ccc2c(c1)c1ccccc1c1cc(-c3ccc4ccc5ccc(-c6cnccn6)nc5c4n3)ccc21. The predicted molar refractivity (Wildman–Crippen MR) is 156 cm³/mol. The molecule has 4 heteroatoms. The normalized spacial score (nSPS) is 11.7. The Morgan fingerprint density at radius 2 is 0.974 bits per heavy atom. The Hall–Kier alpha value is -5.22. The summed E-state index contributed by atoms with van der Waals surface area (Å²) >= 11 is 0. The van der Waals surface area contributed by atoms with Gasteiger partial charge in [0.25, 0.3) is 0 Å². The average molecular weight is 485 g/mol. The van der Waals surface area contributed by atoms with Crippen LogP contribution in [0.1, 0.15) is 0 Å². The maximum Gasteiger partial charge on any atom is 0.107 e. The molecular weight excluding hydrogens is 464 g/mol. The molecule has 0 atom stereocenters. The third-order valence-electron chi connectivity index (χ3n) is 7.39. The predicted octanol–water partition coefficient (Wildman–Crippen LogP) is 8.37. The summed E-state index contributed by atoms with van der Waals surface area (Å²) in [5.41, 5.74) is 5.29. The molecular formula is C34H20N4. The van der Waals surface area contributed by atoms with Crippen molar-refractivity contribution < 1.29 is 0 Å². The summed E-state index contributed by atoms with van der Waals surface area (Å²) in [7, 11) is 0. The van der Waals surface area contributed by atoms with E-state index in [2.05, 4.69) is 107 Å². The zero-order valence-corrected chi connectivity index (χ0v) is 20.3. The molecule has 0 radical (unpaired) electrons. The van der Waals surface area contributed by atoms with Crippen LogP contribution in [0.15, 0.2) is 122 Å². The summed E-state index contributed by atoms with van der Waals surface area (Å²) in [5, 5.41) is 9.67. The second-order valence-corrected chi connectivity index (χ2v) is 9.54. The highest BCUT2D eigenvalue weighted by atomic mass is 14.8. The first-order valence-electron chi connectivity index (χ1n) is 12.6. The minimum atomic E-state index is 0.746. The van der Waals surface area contributed by atoms with Crippen LogP contribution in [0.25, 0.3) is 76.8 Å². The van der Waals surface area contributed by atoms with E-state index in [9.17, 15) is 0 Å². The molecule has 0 aliphatic heterocycles. The van der Waals surface area contributed by atoms with E-state index in [0.29, 0.717) is 0 Å². The number of nitrogens with zero attached hydrogens (tertiary/aromatic N) is 4.